The molecule has 0 saturated heterocycles. The van der Waals surface area contributed by atoms with E-state index in [1.807, 2.05) is 0 Å². The van der Waals surface area contributed by atoms with Crippen molar-refractivity contribution in [2.75, 3.05) is 0 Å². The third kappa shape index (κ3) is 1.48. The van der Waals surface area contributed by atoms with Crippen LogP contribution in [-0.4, -0.2) is 23.2 Å². The highest BCUT2D eigenvalue weighted by molar-refractivity contribution is 5.47. The average molecular weight is 142 g/mol. The van der Waals surface area contributed by atoms with Crippen molar-refractivity contribution in [1.82, 2.24) is 5.32 Å². The van der Waals surface area contributed by atoms with Gasteiger partial charge in [0.05, 0.1) is 11.6 Å². The fraction of sp³-hybridized carbons (Fsp3) is 0.857. The Morgan fingerprint density at radius 2 is 2.30 bits per heavy atom. The smallest absolute Gasteiger partial charge is 0.228 e. The van der Waals surface area contributed by atoms with E-state index in [0.29, 0.717) is 6.41 Å². The van der Waals surface area contributed by atoms with Crippen molar-refractivity contribution in [2.45, 2.75) is 31.9 Å². The van der Waals surface area contributed by atoms with Crippen molar-refractivity contribution >= 4 is 6.41 Å². The Hall–Kier alpha value is -0.570. The number of carbonyl (C=O) groups is 1. The van der Waals surface area contributed by atoms with E-state index in [1.165, 1.54) is 0 Å². The van der Waals surface area contributed by atoms with Gasteiger partial charge in [0.2, 0.25) is 6.41 Å². The van der Waals surface area contributed by atoms with Gasteiger partial charge in [-0.05, 0) is 20.3 Å². The number of carbonyl (C=O) groups excluding carboxylic acids is 1. The third-order valence-electron chi connectivity index (χ3n) is 1.92. The van der Waals surface area contributed by atoms with Gasteiger partial charge >= 0.3 is 0 Å². The van der Waals surface area contributed by atoms with Crippen molar-refractivity contribution in [1.29, 1.82) is 0 Å². The molecular weight excluding hydrogens is 130 g/mol. The molecule has 57 valence electrons. The van der Waals surface area contributed by atoms with E-state index in [-0.39, 0.29) is 12.0 Å². The Labute approximate surface area is 60.4 Å². The molecule has 2 atom stereocenters. The maximum absolute atomic E-state index is 9.88. The molecule has 1 N–H and O–H groups in total. The first-order chi connectivity index (χ1) is 4.55. The van der Waals surface area contributed by atoms with Crippen LogP contribution in [0.5, 0.6) is 0 Å². The number of aliphatic hydroxyl groups is 1. The molecule has 1 aliphatic rings. The van der Waals surface area contributed by atoms with Crippen LogP contribution in [0, 0.1) is 5.92 Å². The highest BCUT2D eigenvalue weighted by Crippen LogP contribution is 2.39. The molecule has 2 unspecified atom stereocenters. The van der Waals surface area contributed by atoms with Crippen LogP contribution < -0.4 is 5.32 Å². The fourth-order valence-corrected chi connectivity index (χ4v) is 1.18. The van der Waals surface area contributed by atoms with Crippen molar-refractivity contribution in [3.63, 3.8) is 0 Å². The molecule has 1 aliphatic carbocycles. The molecule has 1 fully saturated rings. The van der Waals surface area contributed by atoms with E-state index in [9.17, 15) is 9.90 Å². The van der Waals surface area contributed by atoms with Crippen molar-refractivity contribution in [3.05, 3.63) is 0 Å². The summed E-state index contributed by atoms with van der Waals surface area (Å²) in [5.74, 6) is 0.192. The molecule has 0 spiro atoms. The van der Waals surface area contributed by atoms with Gasteiger partial charge in [0.25, 0.3) is 0 Å². The zero-order valence-electron chi connectivity index (χ0n) is 6.24. The summed E-state index contributed by atoms with van der Waals surface area (Å²) in [5.41, 5.74) is -0.669. The Morgan fingerprint density at radius 3 is 2.60 bits per heavy atom. The zero-order valence-corrected chi connectivity index (χ0v) is 6.24. The first-order valence-corrected chi connectivity index (χ1v) is 3.41. The predicted molar refractivity (Wildman–Crippen MR) is 36.4 cm³/mol. The molecule has 10 heavy (non-hydrogen) atoms. The van der Waals surface area contributed by atoms with Gasteiger partial charge in [-0.3, -0.25) is 10.1 Å². The molecule has 1 saturated carbocycles. The summed E-state index contributed by atoms with van der Waals surface area (Å²) in [4.78, 5) is 9.88. The molecule has 3 nitrogen and oxygen atoms in total. The highest BCUT2D eigenvalue weighted by atomic mass is 16.3. The maximum atomic E-state index is 9.88. The summed E-state index contributed by atoms with van der Waals surface area (Å²) in [6.07, 6.45) is 1.42. The number of amides is 1. The van der Waals surface area contributed by atoms with Crippen molar-refractivity contribution < 1.29 is 9.90 Å². The normalized spacial score (nSPS) is 31.5. The first-order valence-electron chi connectivity index (χ1n) is 3.41. The number of hydrogen-bond donors (Lipinski definition) is 1. The second-order valence-corrected chi connectivity index (χ2v) is 3.32. The molecule has 3 heteroatoms. The van der Waals surface area contributed by atoms with E-state index in [1.54, 1.807) is 13.8 Å². The second-order valence-electron chi connectivity index (χ2n) is 3.32. The van der Waals surface area contributed by atoms with Crippen LogP contribution >= 0.6 is 0 Å². The minimum absolute atomic E-state index is 0.0810. The summed E-state index contributed by atoms with van der Waals surface area (Å²) in [7, 11) is 0. The third-order valence-corrected chi connectivity index (χ3v) is 1.92. The lowest BCUT2D eigenvalue weighted by Crippen LogP contribution is -2.25. The average Bonchev–Trinajstić information content (AvgIpc) is 2.44. The van der Waals surface area contributed by atoms with E-state index in [2.05, 4.69) is 5.32 Å². The molecule has 0 aliphatic heterocycles. The van der Waals surface area contributed by atoms with Crippen LogP contribution in [-0.2, 0) is 4.79 Å². The Balaban J connectivity index is 2.31. The summed E-state index contributed by atoms with van der Waals surface area (Å²) < 4.78 is 0. The first kappa shape index (κ1) is 7.54. The monoisotopic (exact) mass is 142 g/mol. The van der Waals surface area contributed by atoms with E-state index < -0.39 is 5.60 Å². The number of rotatable bonds is 3. The van der Waals surface area contributed by atoms with Crippen LogP contribution in [0.15, 0.2) is 0 Å². The van der Waals surface area contributed by atoms with Crippen molar-refractivity contribution in [2.24, 2.45) is 5.92 Å². The van der Waals surface area contributed by atoms with Crippen LogP contribution in [0.3, 0.4) is 0 Å². The molecule has 1 rings (SSSR count). The van der Waals surface area contributed by atoms with E-state index in [4.69, 9.17) is 0 Å². The molecule has 0 bridgehead atoms. The topological polar surface area (TPSA) is 51.4 Å². The van der Waals surface area contributed by atoms with E-state index in [0.717, 1.165) is 6.42 Å². The minimum Gasteiger partial charge on any atom is -0.390 e. The molecular formula is C7H12NO2. The Bertz CT molecular complexity index is 139. The Morgan fingerprint density at radius 1 is 1.70 bits per heavy atom. The Kier molecular flexibility index (Phi) is 1.68. The quantitative estimate of drug-likeness (QED) is 0.560. The van der Waals surface area contributed by atoms with Crippen LogP contribution in [0.1, 0.15) is 20.3 Å². The van der Waals surface area contributed by atoms with Gasteiger partial charge in [0, 0.05) is 5.92 Å². The van der Waals surface area contributed by atoms with Gasteiger partial charge in [-0.15, -0.1) is 0 Å². The molecule has 0 heterocycles. The van der Waals surface area contributed by atoms with Gasteiger partial charge in [-0.1, -0.05) is 0 Å². The van der Waals surface area contributed by atoms with Gasteiger partial charge in [0.15, 0.2) is 0 Å². The number of nitrogens with zero attached hydrogens (tertiary/aromatic N) is 1. The summed E-state index contributed by atoms with van der Waals surface area (Å²) >= 11 is 0. The van der Waals surface area contributed by atoms with Crippen LogP contribution in [0.2, 0.25) is 0 Å². The van der Waals surface area contributed by atoms with Gasteiger partial charge in [0.1, 0.15) is 0 Å². The predicted octanol–water partition coefficient (Wildman–Crippen LogP) is -0.0934. The van der Waals surface area contributed by atoms with Crippen molar-refractivity contribution in [3.8, 4) is 0 Å². The molecule has 1 amide bonds. The second kappa shape index (κ2) is 2.23. The van der Waals surface area contributed by atoms with Crippen LogP contribution in [0.25, 0.3) is 0 Å². The lowest BCUT2D eigenvalue weighted by atomic mass is 10.0. The summed E-state index contributed by atoms with van der Waals surface area (Å²) in [5, 5.41) is 13.0. The summed E-state index contributed by atoms with van der Waals surface area (Å²) in [6, 6.07) is 0.0810. The number of hydrogen-bond acceptors (Lipinski definition) is 2. The van der Waals surface area contributed by atoms with Gasteiger partial charge in [-0.25, -0.2) is 0 Å². The minimum atomic E-state index is -0.669. The standard InChI is InChI=1S/C7H12NO2/c1-7(2,10)5-3-6(5)8-4-9/h4-6,10H,3H2,1-2H3. The lowest BCUT2D eigenvalue weighted by molar-refractivity contribution is -0.110. The summed E-state index contributed by atoms with van der Waals surface area (Å²) in [6.45, 7) is 3.50. The van der Waals surface area contributed by atoms with Gasteiger partial charge in [-0.2, -0.15) is 0 Å². The SMILES string of the molecule is CC(C)(O)C1CC1[N]C=O. The highest BCUT2D eigenvalue weighted by Gasteiger charge is 2.47. The van der Waals surface area contributed by atoms with E-state index >= 15 is 0 Å². The fourth-order valence-electron chi connectivity index (χ4n) is 1.18. The molecule has 0 aromatic carbocycles. The molecule has 1 radical (unpaired) electrons. The molecule has 0 aromatic heterocycles. The lowest BCUT2D eigenvalue weighted by Gasteiger charge is -2.15. The largest absolute Gasteiger partial charge is 0.390 e. The van der Waals surface area contributed by atoms with Gasteiger partial charge < -0.3 is 5.11 Å². The zero-order chi connectivity index (χ0) is 7.78. The molecule has 0 aromatic rings. The van der Waals surface area contributed by atoms with Crippen LogP contribution in [0.4, 0.5) is 0 Å². The maximum Gasteiger partial charge on any atom is 0.228 e.